The lowest BCUT2D eigenvalue weighted by molar-refractivity contribution is -0.131. The Bertz CT molecular complexity index is 1390. The summed E-state index contributed by atoms with van der Waals surface area (Å²) in [5, 5.41) is 7.99. The number of likely N-dealkylation sites (tertiary alicyclic amines) is 1. The number of nitrogens with zero attached hydrogens (tertiary/aromatic N) is 3. The summed E-state index contributed by atoms with van der Waals surface area (Å²) in [7, 11) is 0. The molecule has 0 unspecified atom stereocenters. The van der Waals surface area contributed by atoms with E-state index in [2.05, 4.69) is 22.3 Å². The molecule has 0 bridgehead atoms. The first-order valence-corrected chi connectivity index (χ1v) is 11.6. The van der Waals surface area contributed by atoms with Crippen molar-refractivity contribution in [2.45, 2.75) is 32.6 Å². The van der Waals surface area contributed by atoms with Crippen molar-refractivity contribution >= 4 is 16.9 Å². The van der Waals surface area contributed by atoms with E-state index in [1.54, 1.807) is 10.8 Å². The minimum Gasteiger partial charge on any atom is -0.464 e. The summed E-state index contributed by atoms with van der Waals surface area (Å²) in [5.74, 6) is 1.60. The molecule has 3 heterocycles. The van der Waals surface area contributed by atoms with Crippen LogP contribution in [0.4, 0.5) is 0 Å². The Labute approximate surface area is 191 Å². The van der Waals surface area contributed by atoms with Crippen molar-refractivity contribution in [3.05, 3.63) is 70.6 Å². The zero-order valence-electron chi connectivity index (χ0n) is 18.6. The number of benzene rings is 2. The lowest BCUT2D eigenvalue weighted by atomic mass is 10.0. The van der Waals surface area contributed by atoms with Crippen LogP contribution in [0.1, 0.15) is 30.7 Å². The van der Waals surface area contributed by atoms with Gasteiger partial charge in [0.2, 0.25) is 5.91 Å². The lowest BCUT2D eigenvalue weighted by Crippen LogP contribution is -2.30. The van der Waals surface area contributed by atoms with E-state index >= 15 is 0 Å². The molecule has 1 aliphatic carbocycles. The van der Waals surface area contributed by atoms with Crippen LogP contribution in [0.2, 0.25) is 0 Å². The molecule has 2 aliphatic rings. The molecule has 1 saturated carbocycles. The van der Waals surface area contributed by atoms with Gasteiger partial charge in [-0.1, -0.05) is 12.1 Å². The van der Waals surface area contributed by atoms with Crippen molar-refractivity contribution in [3.8, 4) is 16.8 Å². The van der Waals surface area contributed by atoms with Crippen LogP contribution in [-0.2, 0) is 11.2 Å². The average molecular weight is 443 g/mol. The second kappa shape index (κ2) is 7.76. The van der Waals surface area contributed by atoms with E-state index in [9.17, 15) is 9.59 Å². The molecular formula is C26H26N4O3. The van der Waals surface area contributed by atoms with Crippen LogP contribution in [0, 0.1) is 18.8 Å². The van der Waals surface area contributed by atoms with E-state index < -0.39 is 0 Å². The first-order chi connectivity index (χ1) is 16.1. The van der Waals surface area contributed by atoms with Gasteiger partial charge in [-0.2, -0.15) is 5.10 Å². The van der Waals surface area contributed by atoms with Gasteiger partial charge in [-0.3, -0.25) is 4.79 Å². The third kappa shape index (κ3) is 3.67. The van der Waals surface area contributed by atoms with E-state index in [0.717, 1.165) is 65.7 Å². The van der Waals surface area contributed by atoms with Gasteiger partial charge in [0.15, 0.2) is 0 Å². The molecule has 0 radical (unpaired) electrons. The molecule has 2 aromatic carbocycles. The number of rotatable bonds is 5. The van der Waals surface area contributed by atoms with Crippen LogP contribution in [0.15, 0.2) is 57.9 Å². The van der Waals surface area contributed by atoms with Crippen molar-refractivity contribution in [1.29, 1.82) is 0 Å². The van der Waals surface area contributed by atoms with Crippen molar-refractivity contribution in [1.82, 2.24) is 19.7 Å². The van der Waals surface area contributed by atoms with Crippen molar-refractivity contribution in [3.63, 3.8) is 0 Å². The number of aryl methyl sites for hydroxylation is 1. The van der Waals surface area contributed by atoms with Crippen molar-refractivity contribution in [2.75, 3.05) is 13.1 Å². The standard InChI is InChI=1S/C26H26N4O3/c1-16-12-21(14-20-9-11-33-24(16)20)18-4-6-22(7-5-18)30-23(27-28-26(30)32)13-17-8-10-29(15-17)25(31)19-2-3-19/h4-7,9,11-12,14,17,19H,2-3,8,10,13,15H2,1H3,(H,28,32)/t17-/m0/s1. The number of aromatic amines is 1. The third-order valence-corrected chi connectivity index (χ3v) is 6.93. The Kier molecular flexibility index (Phi) is 4.71. The number of furan rings is 1. The Balaban J connectivity index is 1.23. The summed E-state index contributed by atoms with van der Waals surface area (Å²) in [6, 6.07) is 14.2. The lowest BCUT2D eigenvalue weighted by Gasteiger charge is -2.16. The number of nitrogens with one attached hydrogen (secondary N) is 1. The van der Waals surface area contributed by atoms with Gasteiger partial charge < -0.3 is 9.32 Å². The maximum Gasteiger partial charge on any atom is 0.347 e. The number of amides is 1. The molecular weight excluding hydrogens is 416 g/mol. The van der Waals surface area contributed by atoms with E-state index in [-0.39, 0.29) is 11.6 Å². The number of aromatic nitrogens is 3. The molecule has 7 heteroatoms. The summed E-state index contributed by atoms with van der Waals surface area (Å²) in [4.78, 5) is 26.9. The highest BCUT2D eigenvalue weighted by molar-refractivity contribution is 5.86. The van der Waals surface area contributed by atoms with Gasteiger partial charge in [0.25, 0.3) is 0 Å². The second-order valence-corrected chi connectivity index (χ2v) is 9.38. The van der Waals surface area contributed by atoms with Gasteiger partial charge in [-0.25, -0.2) is 14.5 Å². The number of carbonyl (C=O) groups excluding carboxylic acids is 1. The summed E-state index contributed by atoms with van der Waals surface area (Å²) in [6.07, 6.45) is 5.40. The van der Waals surface area contributed by atoms with Gasteiger partial charge in [-0.15, -0.1) is 0 Å². The molecule has 2 fully saturated rings. The van der Waals surface area contributed by atoms with E-state index in [0.29, 0.717) is 24.1 Å². The molecule has 1 amide bonds. The molecule has 1 atom stereocenters. The molecule has 0 spiro atoms. The molecule has 7 nitrogen and oxygen atoms in total. The van der Waals surface area contributed by atoms with E-state index in [4.69, 9.17) is 4.42 Å². The van der Waals surface area contributed by atoms with Gasteiger partial charge in [0, 0.05) is 30.8 Å². The number of hydrogen-bond donors (Lipinski definition) is 1. The largest absolute Gasteiger partial charge is 0.464 e. The quantitative estimate of drug-likeness (QED) is 0.505. The first kappa shape index (κ1) is 20.0. The maximum atomic E-state index is 12.6. The van der Waals surface area contributed by atoms with Gasteiger partial charge in [0.1, 0.15) is 11.4 Å². The maximum absolute atomic E-state index is 12.6. The van der Waals surface area contributed by atoms with Gasteiger partial charge >= 0.3 is 5.69 Å². The molecule has 1 N–H and O–H groups in total. The van der Waals surface area contributed by atoms with Crippen LogP contribution in [0.5, 0.6) is 0 Å². The van der Waals surface area contributed by atoms with E-state index in [1.165, 1.54) is 0 Å². The number of fused-ring (bicyclic) bond motifs is 1. The summed E-state index contributed by atoms with van der Waals surface area (Å²) in [6.45, 7) is 3.61. The smallest absolute Gasteiger partial charge is 0.347 e. The third-order valence-electron chi connectivity index (χ3n) is 6.93. The highest BCUT2D eigenvalue weighted by Crippen LogP contribution is 2.33. The van der Waals surface area contributed by atoms with Gasteiger partial charge in [0.05, 0.1) is 12.0 Å². The summed E-state index contributed by atoms with van der Waals surface area (Å²) < 4.78 is 7.21. The fourth-order valence-electron chi connectivity index (χ4n) is 5.01. The normalized spacial score (nSPS) is 18.3. The first-order valence-electron chi connectivity index (χ1n) is 11.6. The molecule has 168 valence electrons. The van der Waals surface area contributed by atoms with Gasteiger partial charge in [-0.05, 0) is 79.1 Å². The zero-order valence-corrected chi connectivity index (χ0v) is 18.6. The predicted molar refractivity (Wildman–Crippen MR) is 125 cm³/mol. The summed E-state index contributed by atoms with van der Waals surface area (Å²) >= 11 is 0. The Hall–Kier alpha value is -3.61. The molecule has 4 aromatic rings. The highest BCUT2D eigenvalue weighted by atomic mass is 16.3. The topological polar surface area (TPSA) is 84.1 Å². The fourth-order valence-corrected chi connectivity index (χ4v) is 5.01. The Morgan fingerprint density at radius 2 is 1.94 bits per heavy atom. The van der Waals surface area contributed by atoms with Crippen LogP contribution in [-0.4, -0.2) is 38.7 Å². The van der Waals surface area contributed by atoms with Crippen molar-refractivity contribution < 1.29 is 9.21 Å². The minimum absolute atomic E-state index is 0.239. The van der Waals surface area contributed by atoms with Crippen LogP contribution in [0.25, 0.3) is 27.8 Å². The van der Waals surface area contributed by atoms with E-state index in [1.807, 2.05) is 42.2 Å². The molecule has 1 saturated heterocycles. The number of carbonyl (C=O) groups is 1. The SMILES string of the molecule is Cc1cc(-c2ccc(-n3c(C[C@@H]4CCN(C(=O)C5CC5)C4)n[nH]c3=O)cc2)cc2ccoc12. The number of H-pyrrole nitrogens is 1. The molecule has 1 aliphatic heterocycles. The van der Waals surface area contributed by atoms with Crippen LogP contribution >= 0.6 is 0 Å². The molecule has 33 heavy (non-hydrogen) atoms. The number of hydrogen-bond acceptors (Lipinski definition) is 4. The van der Waals surface area contributed by atoms with Crippen molar-refractivity contribution in [2.24, 2.45) is 11.8 Å². The minimum atomic E-state index is -0.239. The van der Waals surface area contributed by atoms with Crippen LogP contribution in [0.3, 0.4) is 0 Å². The molecule has 2 aromatic heterocycles. The second-order valence-electron chi connectivity index (χ2n) is 9.38. The monoisotopic (exact) mass is 442 g/mol. The zero-order chi connectivity index (χ0) is 22.5. The molecule has 6 rings (SSSR count). The highest BCUT2D eigenvalue weighted by Gasteiger charge is 2.36. The Morgan fingerprint density at radius 3 is 2.73 bits per heavy atom. The Morgan fingerprint density at radius 1 is 1.12 bits per heavy atom. The predicted octanol–water partition coefficient (Wildman–Crippen LogP) is 4.08. The van der Waals surface area contributed by atoms with Crippen LogP contribution < -0.4 is 5.69 Å². The summed E-state index contributed by atoms with van der Waals surface area (Å²) in [5.41, 5.74) is 4.74. The average Bonchev–Trinajstić information content (AvgIpc) is 3.19. The fraction of sp³-hybridized carbons (Fsp3) is 0.346.